The van der Waals surface area contributed by atoms with Gasteiger partial charge in [-0.2, -0.15) is 10.5 Å². The molecule has 3 aliphatic rings. The topological polar surface area (TPSA) is 121 Å². The molecule has 0 amide bonds. The van der Waals surface area contributed by atoms with Gasteiger partial charge in [0.1, 0.15) is 23.6 Å². The van der Waals surface area contributed by atoms with Crippen molar-refractivity contribution in [1.29, 1.82) is 10.5 Å². The summed E-state index contributed by atoms with van der Waals surface area (Å²) in [6, 6.07) is 14.7. The lowest BCUT2D eigenvalue weighted by Crippen LogP contribution is -2.41. The number of ether oxygens (including phenoxy) is 2. The van der Waals surface area contributed by atoms with E-state index in [0.29, 0.717) is 22.6 Å². The lowest BCUT2D eigenvalue weighted by molar-refractivity contribution is 0.00578. The predicted molar refractivity (Wildman–Crippen MR) is 191 cm³/mol. The van der Waals surface area contributed by atoms with Gasteiger partial charge >= 0.3 is 21.1 Å². The summed E-state index contributed by atoms with van der Waals surface area (Å²) in [4.78, 5) is 0. The van der Waals surface area contributed by atoms with E-state index in [1.165, 1.54) is 0 Å². The van der Waals surface area contributed by atoms with Crippen molar-refractivity contribution in [2.45, 2.75) is 117 Å². The Balaban J connectivity index is 0.000000203. The Labute approximate surface area is 296 Å². The van der Waals surface area contributed by atoms with Gasteiger partial charge in [0.15, 0.2) is 0 Å². The second kappa shape index (κ2) is 14.4. The highest BCUT2D eigenvalue weighted by Crippen LogP contribution is 2.43. The Hall–Kier alpha value is -2.55. The van der Waals surface area contributed by atoms with Crippen LogP contribution in [-0.4, -0.2) is 69.0 Å². The molecule has 10 nitrogen and oxygen atoms in total. The summed E-state index contributed by atoms with van der Waals surface area (Å²) >= 11 is 3.28. The molecule has 2 aromatic rings. The normalized spacial score (nSPS) is 22.0. The van der Waals surface area contributed by atoms with E-state index in [4.69, 9.17) is 47.9 Å². The van der Waals surface area contributed by atoms with Crippen molar-refractivity contribution >= 4 is 42.5 Å². The summed E-state index contributed by atoms with van der Waals surface area (Å²) in [5.41, 5.74) is -0.282. The molecule has 3 heterocycles. The zero-order chi connectivity index (χ0) is 36.5. The van der Waals surface area contributed by atoms with Crippen LogP contribution >= 0.6 is 15.9 Å². The summed E-state index contributed by atoms with van der Waals surface area (Å²) in [6.45, 7) is 24.2. The number of hydrogen-bond donors (Lipinski definition) is 0. The van der Waals surface area contributed by atoms with Crippen molar-refractivity contribution in [2.24, 2.45) is 0 Å². The molecule has 0 bridgehead atoms. The fourth-order valence-electron chi connectivity index (χ4n) is 4.68. The molecule has 258 valence electrons. The first kappa shape index (κ1) is 39.9. The van der Waals surface area contributed by atoms with Crippen LogP contribution in [0.5, 0.6) is 11.5 Å². The van der Waals surface area contributed by atoms with Crippen LogP contribution < -0.4 is 14.9 Å². The maximum absolute atomic E-state index is 8.98. The third-order valence-corrected chi connectivity index (χ3v) is 10.4. The lowest BCUT2D eigenvalue weighted by Gasteiger charge is -2.32. The monoisotopic (exact) mass is 724 g/mol. The molecule has 0 unspecified atom stereocenters. The van der Waals surface area contributed by atoms with E-state index in [1.54, 1.807) is 44.6 Å². The first-order chi connectivity index (χ1) is 22.0. The molecular formula is C34H48B3BrN2O8. The molecule has 14 heteroatoms. The standard InChI is InChI=1S/C14H18BNO3.C12H24B2O4.C8H6BrNO/c1-13(2)14(3,4)19-15(18-13)11-7-6-10(9-16)12(8-11)17-5;1-9(2)10(3,4)16-13(15-9)14-17-11(5,6)12(7,8)18-14;1-11-8-4-7(9)3-2-6(8)5-10/h6-8H,1-5H3;1-8H3;2-4H,1H3. The number of rotatable bonds is 4. The third kappa shape index (κ3) is 8.42. The third-order valence-electron chi connectivity index (χ3n) is 9.92. The molecule has 0 radical (unpaired) electrons. The number of methoxy groups -OCH3 is 2. The van der Waals surface area contributed by atoms with Crippen molar-refractivity contribution in [2.75, 3.05) is 14.2 Å². The minimum Gasteiger partial charge on any atom is -0.495 e. The average molecular weight is 725 g/mol. The molecule has 0 atom stereocenters. The number of halogens is 1. The first-order valence-corrected chi connectivity index (χ1v) is 16.6. The van der Waals surface area contributed by atoms with Gasteiger partial charge in [0.2, 0.25) is 0 Å². The van der Waals surface area contributed by atoms with E-state index >= 15 is 0 Å². The highest BCUT2D eigenvalue weighted by Gasteiger charge is 2.63. The van der Waals surface area contributed by atoms with Crippen LogP contribution in [0.15, 0.2) is 40.9 Å². The van der Waals surface area contributed by atoms with Crippen molar-refractivity contribution in [3.8, 4) is 23.6 Å². The molecule has 0 aliphatic carbocycles. The van der Waals surface area contributed by atoms with Gasteiger partial charge < -0.3 is 37.4 Å². The lowest BCUT2D eigenvalue weighted by atomic mass is 9.49. The maximum atomic E-state index is 8.98. The van der Waals surface area contributed by atoms with E-state index in [1.807, 2.05) is 95.2 Å². The minimum atomic E-state index is -0.476. The fraction of sp³-hybridized carbons (Fsp3) is 0.588. The highest BCUT2D eigenvalue weighted by molar-refractivity contribution is 9.10. The molecule has 0 aromatic heterocycles. The first-order valence-electron chi connectivity index (χ1n) is 15.8. The fourth-order valence-corrected chi connectivity index (χ4v) is 5.02. The van der Waals surface area contributed by atoms with Crippen LogP contribution in [0.3, 0.4) is 0 Å². The molecule has 0 spiro atoms. The number of nitriles is 2. The summed E-state index contributed by atoms with van der Waals surface area (Å²) in [7, 11) is 1.70. The van der Waals surface area contributed by atoms with Gasteiger partial charge in [-0.1, -0.05) is 22.0 Å². The Morgan fingerprint density at radius 2 is 0.875 bits per heavy atom. The van der Waals surface area contributed by atoms with E-state index < -0.39 is 21.1 Å². The molecule has 0 N–H and O–H groups in total. The number of hydrogen-bond acceptors (Lipinski definition) is 10. The van der Waals surface area contributed by atoms with Crippen molar-refractivity contribution in [3.63, 3.8) is 0 Å². The smallest absolute Gasteiger partial charge is 0.494 e. The van der Waals surface area contributed by atoms with Crippen LogP contribution in [0, 0.1) is 22.7 Å². The minimum absolute atomic E-state index is 0.360. The molecule has 3 fully saturated rings. The van der Waals surface area contributed by atoms with Gasteiger partial charge in [-0.05, 0) is 119 Å². The number of benzene rings is 2. The summed E-state index contributed by atoms with van der Waals surface area (Å²) in [6.07, 6.45) is 0. The van der Waals surface area contributed by atoms with Crippen LogP contribution in [0.4, 0.5) is 0 Å². The van der Waals surface area contributed by atoms with E-state index in [-0.39, 0.29) is 33.6 Å². The maximum Gasteiger partial charge on any atom is 0.494 e. The van der Waals surface area contributed by atoms with E-state index in [0.717, 1.165) is 9.94 Å². The van der Waals surface area contributed by atoms with Crippen LogP contribution in [0.1, 0.15) is 94.2 Å². The van der Waals surface area contributed by atoms with Crippen LogP contribution in [-0.2, 0) is 27.9 Å². The second-order valence-electron chi connectivity index (χ2n) is 14.9. The predicted octanol–water partition coefficient (Wildman–Crippen LogP) is 6.44. The summed E-state index contributed by atoms with van der Waals surface area (Å²) < 4.78 is 46.9. The van der Waals surface area contributed by atoms with Crippen molar-refractivity contribution < 1.29 is 37.4 Å². The highest BCUT2D eigenvalue weighted by atomic mass is 79.9. The van der Waals surface area contributed by atoms with Crippen LogP contribution in [0.25, 0.3) is 0 Å². The Kier molecular flexibility index (Phi) is 11.9. The largest absolute Gasteiger partial charge is 0.495 e. The van der Waals surface area contributed by atoms with Gasteiger partial charge in [0.05, 0.1) is 59.0 Å². The molecule has 3 saturated heterocycles. The van der Waals surface area contributed by atoms with Gasteiger partial charge in [-0.25, -0.2) is 0 Å². The molecule has 0 saturated carbocycles. The quantitative estimate of drug-likeness (QED) is 0.326. The Bertz CT molecular complexity index is 1470. The SMILES string of the molecule is CC1(C)OB(B2OC(C)(C)C(C)(C)O2)OC1(C)C.COc1cc(B2OC(C)(C)C(C)(C)O2)ccc1C#N.COc1cc(Br)ccc1C#N. The van der Waals surface area contributed by atoms with Gasteiger partial charge in [0.25, 0.3) is 0 Å². The van der Waals surface area contributed by atoms with Gasteiger partial charge in [-0.3, -0.25) is 0 Å². The molecular weight excluding hydrogens is 677 g/mol. The zero-order valence-corrected chi connectivity index (χ0v) is 32.3. The van der Waals surface area contributed by atoms with E-state index in [2.05, 4.69) is 22.0 Å². The second-order valence-corrected chi connectivity index (χ2v) is 15.8. The zero-order valence-electron chi connectivity index (χ0n) is 30.7. The number of nitrogens with zero attached hydrogens (tertiary/aromatic N) is 2. The Morgan fingerprint density at radius 1 is 0.542 bits per heavy atom. The molecule has 5 rings (SSSR count). The molecule has 48 heavy (non-hydrogen) atoms. The van der Waals surface area contributed by atoms with Gasteiger partial charge in [-0.15, -0.1) is 0 Å². The molecule has 3 aliphatic heterocycles. The van der Waals surface area contributed by atoms with Gasteiger partial charge in [0, 0.05) is 4.47 Å². The average Bonchev–Trinajstić information content (AvgIpc) is 3.46. The summed E-state index contributed by atoms with van der Waals surface area (Å²) in [5, 5.41) is 17.6. The molecule has 2 aromatic carbocycles. The van der Waals surface area contributed by atoms with Crippen LogP contribution in [0.2, 0.25) is 0 Å². The summed E-state index contributed by atoms with van der Waals surface area (Å²) in [5.74, 6) is 1.14. The van der Waals surface area contributed by atoms with E-state index in [9.17, 15) is 0 Å². The van der Waals surface area contributed by atoms with Crippen molar-refractivity contribution in [3.05, 3.63) is 52.0 Å². The Morgan fingerprint density at radius 3 is 1.23 bits per heavy atom. The van der Waals surface area contributed by atoms with Crippen molar-refractivity contribution in [1.82, 2.24) is 0 Å².